The van der Waals surface area contributed by atoms with Gasteiger partial charge in [0, 0.05) is 20.6 Å². The molecule has 0 atom stereocenters. The zero-order valence-electron chi connectivity index (χ0n) is 16.6. The van der Waals surface area contributed by atoms with Crippen LogP contribution in [0.2, 0.25) is 5.02 Å². The quantitative estimate of drug-likeness (QED) is 0.150. The Labute approximate surface area is 197 Å². The minimum atomic E-state index is -0.519. The first-order chi connectivity index (χ1) is 15.5. The van der Waals surface area contributed by atoms with Gasteiger partial charge in [-0.3, -0.25) is 4.79 Å². The van der Waals surface area contributed by atoms with Gasteiger partial charge in [-0.05, 0) is 59.3 Å². The molecule has 0 bridgehead atoms. The van der Waals surface area contributed by atoms with E-state index < -0.39 is 5.97 Å². The van der Waals surface area contributed by atoms with Crippen LogP contribution in [0.4, 0.5) is 0 Å². The molecule has 0 spiro atoms. The summed E-state index contributed by atoms with van der Waals surface area (Å²) < 4.78 is 6.37. The number of fused-ring (bicyclic) bond motifs is 1. The molecule has 0 heterocycles. The fourth-order valence-electron chi connectivity index (χ4n) is 3.10. The minimum absolute atomic E-state index is 0.269. The molecule has 32 heavy (non-hydrogen) atoms. The summed E-state index contributed by atoms with van der Waals surface area (Å²) in [7, 11) is 0. The number of rotatable bonds is 5. The highest BCUT2D eigenvalue weighted by Crippen LogP contribution is 2.23. The van der Waals surface area contributed by atoms with Crippen molar-refractivity contribution >= 4 is 56.4 Å². The molecule has 0 aliphatic carbocycles. The van der Waals surface area contributed by atoms with E-state index in [1.165, 1.54) is 6.21 Å². The minimum Gasteiger partial charge on any atom is -0.422 e. The van der Waals surface area contributed by atoms with E-state index in [1.807, 2.05) is 36.4 Å². The third-order valence-corrected chi connectivity index (χ3v) is 5.42. The molecule has 4 aromatic carbocycles. The van der Waals surface area contributed by atoms with Crippen LogP contribution < -0.4 is 10.2 Å². The van der Waals surface area contributed by atoms with E-state index in [2.05, 4.69) is 26.5 Å². The average Bonchev–Trinajstić information content (AvgIpc) is 2.80. The second-order valence-electron chi connectivity index (χ2n) is 6.80. The van der Waals surface area contributed by atoms with Crippen LogP contribution in [0.5, 0.6) is 5.75 Å². The van der Waals surface area contributed by atoms with Gasteiger partial charge in [0.15, 0.2) is 0 Å². The maximum absolute atomic E-state index is 12.7. The number of carbonyl (C=O) groups is 2. The van der Waals surface area contributed by atoms with Crippen molar-refractivity contribution in [3.63, 3.8) is 0 Å². The summed E-state index contributed by atoms with van der Waals surface area (Å²) in [6, 6.07) is 24.7. The lowest BCUT2D eigenvalue weighted by molar-refractivity contribution is 0.0734. The van der Waals surface area contributed by atoms with Crippen molar-refractivity contribution in [1.82, 2.24) is 5.43 Å². The van der Waals surface area contributed by atoms with Crippen molar-refractivity contribution in [2.45, 2.75) is 0 Å². The first-order valence-electron chi connectivity index (χ1n) is 9.60. The molecule has 4 aromatic rings. The van der Waals surface area contributed by atoms with Gasteiger partial charge < -0.3 is 4.74 Å². The van der Waals surface area contributed by atoms with E-state index >= 15 is 0 Å². The van der Waals surface area contributed by atoms with Gasteiger partial charge in [0.2, 0.25) is 0 Å². The number of ether oxygens (including phenoxy) is 1. The van der Waals surface area contributed by atoms with Crippen LogP contribution in [0.25, 0.3) is 10.8 Å². The maximum Gasteiger partial charge on any atom is 0.343 e. The summed E-state index contributed by atoms with van der Waals surface area (Å²) in [4.78, 5) is 25.1. The topological polar surface area (TPSA) is 67.8 Å². The Morgan fingerprint density at radius 1 is 0.938 bits per heavy atom. The molecular weight excluding hydrogens is 492 g/mol. The molecule has 0 aliphatic heterocycles. The first kappa shape index (κ1) is 21.7. The monoisotopic (exact) mass is 506 g/mol. The number of hydrogen-bond acceptors (Lipinski definition) is 4. The molecule has 158 valence electrons. The van der Waals surface area contributed by atoms with E-state index in [1.54, 1.807) is 48.5 Å². The number of halogens is 2. The molecular formula is C25H16BrClN2O3. The summed E-state index contributed by atoms with van der Waals surface area (Å²) >= 11 is 9.43. The Morgan fingerprint density at radius 2 is 1.69 bits per heavy atom. The lowest BCUT2D eigenvalue weighted by Crippen LogP contribution is -2.18. The molecule has 5 nitrogen and oxygen atoms in total. The van der Waals surface area contributed by atoms with Crippen molar-refractivity contribution in [3.8, 4) is 5.75 Å². The Bertz CT molecular complexity index is 1330. The van der Waals surface area contributed by atoms with E-state index in [9.17, 15) is 9.59 Å². The normalized spacial score (nSPS) is 10.9. The summed E-state index contributed by atoms with van der Waals surface area (Å²) in [5.74, 6) is -0.603. The number of benzene rings is 4. The van der Waals surface area contributed by atoms with Gasteiger partial charge >= 0.3 is 5.97 Å². The summed E-state index contributed by atoms with van der Waals surface area (Å²) in [6.45, 7) is 0. The summed E-state index contributed by atoms with van der Waals surface area (Å²) in [6.07, 6.45) is 1.39. The summed E-state index contributed by atoms with van der Waals surface area (Å²) in [5, 5.41) is 6.27. The number of hydrazone groups is 1. The Morgan fingerprint density at radius 3 is 2.50 bits per heavy atom. The van der Waals surface area contributed by atoms with Crippen molar-refractivity contribution in [1.29, 1.82) is 0 Å². The van der Waals surface area contributed by atoms with Crippen molar-refractivity contribution in [2.24, 2.45) is 5.10 Å². The highest BCUT2D eigenvalue weighted by Gasteiger charge is 2.12. The van der Waals surface area contributed by atoms with Crippen molar-refractivity contribution in [3.05, 3.63) is 111 Å². The second-order valence-corrected chi connectivity index (χ2v) is 8.16. The predicted octanol–water partition coefficient (Wildman–Crippen LogP) is 6.24. The largest absolute Gasteiger partial charge is 0.422 e. The van der Waals surface area contributed by atoms with Crippen molar-refractivity contribution < 1.29 is 14.3 Å². The summed E-state index contributed by atoms with van der Waals surface area (Å²) in [5.41, 5.74) is 3.87. The van der Waals surface area contributed by atoms with Crippen molar-refractivity contribution in [2.75, 3.05) is 0 Å². The SMILES string of the molecule is O=C(Oc1ccc(Cl)cc1/C=N/NC(=O)c1cccc2ccccc12)c1ccc(Br)cc1. The molecule has 0 saturated carbocycles. The molecule has 0 fully saturated rings. The van der Waals surface area contributed by atoms with Crippen LogP contribution in [-0.2, 0) is 0 Å². The van der Waals surface area contributed by atoms with Gasteiger partial charge in [0.25, 0.3) is 5.91 Å². The zero-order valence-corrected chi connectivity index (χ0v) is 18.9. The average molecular weight is 508 g/mol. The predicted molar refractivity (Wildman–Crippen MR) is 130 cm³/mol. The van der Waals surface area contributed by atoms with Crippen LogP contribution in [0.3, 0.4) is 0 Å². The van der Waals surface area contributed by atoms with Crippen LogP contribution in [-0.4, -0.2) is 18.1 Å². The Hall–Kier alpha value is -3.48. The van der Waals surface area contributed by atoms with Gasteiger partial charge in [-0.15, -0.1) is 0 Å². The Kier molecular flexibility index (Phi) is 6.63. The molecule has 4 rings (SSSR count). The van der Waals surface area contributed by atoms with E-state index in [-0.39, 0.29) is 11.7 Å². The third-order valence-electron chi connectivity index (χ3n) is 4.66. The lowest BCUT2D eigenvalue weighted by atomic mass is 10.0. The molecule has 0 aromatic heterocycles. The standard InChI is InChI=1S/C25H16BrClN2O3/c26-19-10-8-17(9-11-19)25(31)32-23-13-12-20(27)14-18(23)15-28-29-24(30)22-7-3-5-16-4-1-2-6-21(16)22/h1-15H,(H,29,30)/b28-15+. The number of hydrogen-bond donors (Lipinski definition) is 1. The molecule has 0 saturated heterocycles. The fraction of sp³-hybridized carbons (Fsp3) is 0. The number of esters is 1. The van der Waals surface area contributed by atoms with Crippen LogP contribution in [0.15, 0.2) is 94.5 Å². The van der Waals surface area contributed by atoms with Gasteiger partial charge in [-0.2, -0.15) is 5.10 Å². The smallest absolute Gasteiger partial charge is 0.343 e. The molecule has 7 heteroatoms. The Balaban J connectivity index is 1.52. The van der Waals surface area contributed by atoms with E-state index in [0.717, 1.165) is 15.2 Å². The van der Waals surface area contributed by atoms with E-state index in [0.29, 0.717) is 21.7 Å². The number of nitrogens with zero attached hydrogens (tertiary/aromatic N) is 1. The number of nitrogens with one attached hydrogen (secondary N) is 1. The number of amides is 1. The highest BCUT2D eigenvalue weighted by molar-refractivity contribution is 9.10. The van der Waals surface area contributed by atoms with Crippen LogP contribution in [0.1, 0.15) is 26.3 Å². The van der Waals surface area contributed by atoms with Gasteiger partial charge in [-0.25, -0.2) is 10.2 Å². The van der Waals surface area contributed by atoms with Gasteiger partial charge in [0.1, 0.15) is 5.75 Å². The first-order valence-corrected chi connectivity index (χ1v) is 10.8. The highest BCUT2D eigenvalue weighted by atomic mass is 79.9. The molecule has 1 amide bonds. The molecule has 0 unspecified atom stereocenters. The van der Waals surface area contributed by atoms with Crippen LogP contribution >= 0.6 is 27.5 Å². The van der Waals surface area contributed by atoms with E-state index in [4.69, 9.17) is 16.3 Å². The zero-order chi connectivity index (χ0) is 22.5. The lowest BCUT2D eigenvalue weighted by Gasteiger charge is -2.08. The third kappa shape index (κ3) is 5.04. The van der Waals surface area contributed by atoms with Crippen LogP contribution in [0, 0.1) is 0 Å². The second kappa shape index (κ2) is 9.77. The molecule has 0 aliphatic rings. The maximum atomic E-state index is 12.7. The molecule has 1 N–H and O–H groups in total. The fourth-order valence-corrected chi connectivity index (χ4v) is 3.55. The van der Waals surface area contributed by atoms with Gasteiger partial charge in [0.05, 0.1) is 11.8 Å². The number of carbonyl (C=O) groups excluding carboxylic acids is 2. The molecule has 0 radical (unpaired) electrons. The van der Waals surface area contributed by atoms with Gasteiger partial charge in [-0.1, -0.05) is 63.9 Å².